The Morgan fingerprint density at radius 1 is 1.09 bits per heavy atom. The third kappa shape index (κ3) is 5.29. The average Bonchev–Trinajstić information content (AvgIpc) is 3.25. The minimum atomic E-state index is -5.11. The summed E-state index contributed by atoms with van der Waals surface area (Å²) in [5, 5.41) is 17.1. The van der Waals surface area contributed by atoms with Crippen molar-refractivity contribution in [1.29, 1.82) is 0 Å². The third-order valence-corrected chi connectivity index (χ3v) is 4.61. The van der Waals surface area contributed by atoms with Crippen molar-refractivity contribution in [3.8, 4) is 5.82 Å². The molecule has 0 aliphatic heterocycles. The van der Waals surface area contributed by atoms with E-state index in [1.165, 1.54) is 6.07 Å². The first-order chi connectivity index (χ1) is 15.8. The van der Waals surface area contributed by atoms with Crippen molar-refractivity contribution in [1.82, 2.24) is 25.1 Å². The molecule has 3 rings (SSSR count). The molecule has 1 aromatic carbocycles. The zero-order valence-corrected chi connectivity index (χ0v) is 17.1. The maximum absolute atomic E-state index is 13.1. The Labute approximate surface area is 186 Å². The Bertz CT molecular complexity index is 1170. The molecule has 0 bridgehead atoms. The van der Waals surface area contributed by atoms with Gasteiger partial charge in [-0.15, -0.1) is 0 Å². The molecule has 0 aliphatic carbocycles. The lowest BCUT2D eigenvalue weighted by atomic mass is 10.0. The fourth-order valence-corrected chi connectivity index (χ4v) is 2.95. The van der Waals surface area contributed by atoms with Crippen molar-refractivity contribution in [3.05, 3.63) is 75.5 Å². The van der Waals surface area contributed by atoms with Crippen LogP contribution < -0.4 is 5.32 Å². The van der Waals surface area contributed by atoms with Gasteiger partial charge in [0.2, 0.25) is 0 Å². The molecule has 9 nitrogen and oxygen atoms in total. The molecule has 2 heterocycles. The number of nitrogens with zero attached hydrogens (tertiary/aromatic N) is 5. The summed E-state index contributed by atoms with van der Waals surface area (Å²) in [6, 6.07) is 1.98. The molecule has 0 saturated heterocycles. The molecule has 0 unspecified atom stereocenters. The number of hydrogen-bond acceptors (Lipinski definition) is 6. The molecular formula is C19H14F6N6O3. The van der Waals surface area contributed by atoms with Gasteiger partial charge in [0.1, 0.15) is 12.5 Å². The van der Waals surface area contributed by atoms with Gasteiger partial charge in [0.25, 0.3) is 11.6 Å². The summed E-state index contributed by atoms with van der Waals surface area (Å²) >= 11 is 0. The lowest BCUT2D eigenvalue weighted by Gasteiger charge is -2.18. The minimum Gasteiger partial charge on any atom is -0.342 e. The lowest BCUT2D eigenvalue weighted by Crippen LogP contribution is -2.31. The first-order valence-corrected chi connectivity index (χ1v) is 9.42. The molecule has 0 radical (unpaired) electrons. The second-order valence-corrected chi connectivity index (χ2v) is 6.89. The fraction of sp³-hybridized carbons (Fsp3) is 0.263. The summed E-state index contributed by atoms with van der Waals surface area (Å²) in [6.45, 7) is 1.58. The summed E-state index contributed by atoms with van der Waals surface area (Å²) in [5.41, 5.74) is -4.39. The van der Waals surface area contributed by atoms with Crippen LogP contribution in [0.4, 0.5) is 32.0 Å². The van der Waals surface area contributed by atoms with Crippen molar-refractivity contribution in [2.75, 3.05) is 0 Å². The number of nitrogens with one attached hydrogen (secondary N) is 1. The first kappa shape index (κ1) is 24.6. The number of carbonyl (C=O) groups is 1. The number of nitro groups is 1. The number of pyridine rings is 1. The highest BCUT2D eigenvalue weighted by Crippen LogP contribution is 2.36. The molecule has 180 valence electrons. The van der Waals surface area contributed by atoms with Crippen LogP contribution in [-0.4, -0.2) is 30.6 Å². The molecule has 34 heavy (non-hydrogen) atoms. The van der Waals surface area contributed by atoms with Gasteiger partial charge >= 0.3 is 12.4 Å². The summed E-state index contributed by atoms with van der Waals surface area (Å²) < 4.78 is 79.7. The normalized spacial score (nSPS) is 12.9. The van der Waals surface area contributed by atoms with Gasteiger partial charge in [-0.25, -0.2) is 9.97 Å². The Morgan fingerprint density at radius 2 is 1.71 bits per heavy atom. The van der Waals surface area contributed by atoms with Gasteiger partial charge in [-0.2, -0.15) is 36.1 Å². The van der Waals surface area contributed by atoms with Gasteiger partial charge < -0.3 is 5.32 Å². The number of benzene rings is 1. The Kier molecular flexibility index (Phi) is 6.56. The van der Waals surface area contributed by atoms with Crippen molar-refractivity contribution in [3.63, 3.8) is 0 Å². The van der Waals surface area contributed by atoms with Gasteiger partial charge in [0.05, 0.1) is 22.1 Å². The van der Waals surface area contributed by atoms with Gasteiger partial charge in [0, 0.05) is 11.6 Å². The molecule has 2 aromatic heterocycles. The number of rotatable bonds is 6. The molecule has 1 amide bonds. The Hall–Kier alpha value is -4.04. The van der Waals surface area contributed by atoms with E-state index in [0.717, 1.165) is 23.3 Å². The third-order valence-electron chi connectivity index (χ3n) is 4.61. The molecule has 1 atom stereocenters. The zero-order chi connectivity index (χ0) is 25.3. The number of halogens is 6. The van der Waals surface area contributed by atoms with E-state index in [-0.39, 0.29) is 29.8 Å². The molecule has 1 N–H and O–H groups in total. The minimum absolute atomic E-state index is 0.0558. The highest BCUT2D eigenvalue weighted by atomic mass is 19.4. The molecule has 0 saturated carbocycles. The summed E-state index contributed by atoms with van der Waals surface area (Å²) in [4.78, 5) is 30.6. The van der Waals surface area contributed by atoms with Crippen LogP contribution in [0.5, 0.6) is 0 Å². The average molecular weight is 488 g/mol. The van der Waals surface area contributed by atoms with Gasteiger partial charge in [-0.1, -0.05) is 6.92 Å². The Morgan fingerprint density at radius 3 is 2.18 bits per heavy atom. The maximum atomic E-state index is 13.1. The Balaban J connectivity index is 1.94. The van der Waals surface area contributed by atoms with E-state index in [0.29, 0.717) is 12.1 Å². The van der Waals surface area contributed by atoms with Crippen molar-refractivity contribution in [2.45, 2.75) is 31.7 Å². The molecule has 15 heteroatoms. The van der Waals surface area contributed by atoms with Crippen LogP contribution in [-0.2, 0) is 12.4 Å². The van der Waals surface area contributed by atoms with E-state index in [4.69, 9.17) is 0 Å². The number of carbonyl (C=O) groups excluding carboxylic acids is 1. The topological polar surface area (TPSA) is 116 Å². The zero-order valence-electron chi connectivity index (χ0n) is 17.1. The first-order valence-electron chi connectivity index (χ1n) is 9.42. The second-order valence-electron chi connectivity index (χ2n) is 6.89. The van der Waals surface area contributed by atoms with E-state index in [2.05, 4.69) is 20.4 Å². The van der Waals surface area contributed by atoms with E-state index in [1.54, 1.807) is 6.92 Å². The number of alkyl halides is 6. The van der Waals surface area contributed by atoms with Crippen LogP contribution in [0.15, 0.2) is 42.9 Å². The fourth-order valence-electron chi connectivity index (χ4n) is 2.95. The SMILES string of the molecule is CC[C@H](NC(=O)c1cc(C(F)(F)F)cc(C(F)(F)F)c1)c1ncnn1-c1ccc([N+](=O)[O-])cn1. The predicted octanol–water partition coefficient (Wildman–Crippen LogP) is 4.49. The molecule has 3 aromatic rings. The highest BCUT2D eigenvalue weighted by Gasteiger charge is 2.37. The summed E-state index contributed by atoms with van der Waals surface area (Å²) in [5.74, 6) is -1.06. The van der Waals surface area contributed by atoms with Crippen LogP contribution in [0.3, 0.4) is 0 Å². The van der Waals surface area contributed by atoms with Gasteiger partial charge in [0.15, 0.2) is 11.6 Å². The van der Waals surface area contributed by atoms with E-state index in [1.807, 2.05) is 0 Å². The van der Waals surface area contributed by atoms with Crippen molar-refractivity contribution in [2.24, 2.45) is 0 Å². The summed E-state index contributed by atoms with van der Waals surface area (Å²) in [6.07, 6.45) is -8.05. The van der Waals surface area contributed by atoms with Crippen LogP contribution in [0.25, 0.3) is 5.82 Å². The quantitative estimate of drug-likeness (QED) is 0.311. The predicted molar refractivity (Wildman–Crippen MR) is 103 cm³/mol. The van der Waals surface area contributed by atoms with Crippen LogP contribution in [0.1, 0.15) is 46.7 Å². The van der Waals surface area contributed by atoms with Gasteiger partial charge in [-0.05, 0) is 30.7 Å². The van der Waals surface area contributed by atoms with E-state index >= 15 is 0 Å². The standard InChI is InChI=1S/C19H14F6N6O3/c1-2-14(16-27-9-28-30(16)15-4-3-13(8-26-15)31(33)34)29-17(32)10-5-11(18(20,21)22)7-12(6-10)19(23,24)25/h3-9,14H,2H2,1H3,(H,29,32)/t14-/m0/s1. The summed E-state index contributed by atoms with van der Waals surface area (Å²) in [7, 11) is 0. The van der Waals surface area contributed by atoms with E-state index < -0.39 is 45.9 Å². The molecule has 0 aliphatic rings. The molecular weight excluding hydrogens is 474 g/mol. The number of amides is 1. The molecule has 0 spiro atoms. The van der Waals surface area contributed by atoms with Crippen molar-refractivity contribution < 1.29 is 36.1 Å². The van der Waals surface area contributed by atoms with E-state index in [9.17, 15) is 41.3 Å². The number of hydrogen-bond donors (Lipinski definition) is 1. The van der Waals surface area contributed by atoms with Crippen LogP contribution in [0.2, 0.25) is 0 Å². The van der Waals surface area contributed by atoms with Crippen molar-refractivity contribution >= 4 is 11.6 Å². The lowest BCUT2D eigenvalue weighted by molar-refractivity contribution is -0.385. The maximum Gasteiger partial charge on any atom is 0.416 e. The van der Waals surface area contributed by atoms with Gasteiger partial charge in [-0.3, -0.25) is 14.9 Å². The van der Waals surface area contributed by atoms with Crippen LogP contribution in [0, 0.1) is 10.1 Å². The smallest absolute Gasteiger partial charge is 0.342 e. The monoisotopic (exact) mass is 488 g/mol. The largest absolute Gasteiger partial charge is 0.416 e. The van der Waals surface area contributed by atoms with Crippen LogP contribution >= 0.6 is 0 Å². The highest BCUT2D eigenvalue weighted by molar-refractivity contribution is 5.95. The second kappa shape index (κ2) is 9.07. The number of aromatic nitrogens is 4. The molecule has 0 fully saturated rings.